The van der Waals surface area contributed by atoms with Gasteiger partial charge in [-0.15, -0.1) is 0 Å². The molecule has 1 atom stereocenters. The van der Waals surface area contributed by atoms with Gasteiger partial charge in [-0.3, -0.25) is 14.9 Å². The molecule has 0 radical (unpaired) electrons. The Hall–Kier alpha value is -3.22. The second kappa shape index (κ2) is 8.75. The zero-order chi connectivity index (χ0) is 19.1. The lowest BCUT2D eigenvalue weighted by Gasteiger charge is -2.14. The number of carbonyl (C=O) groups is 2. The molecule has 0 aliphatic carbocycles. The number of nitro benzene ring substituents is 1. The van der Waals surface area contributed by atoms with Gasteiger partial charge in [0.25, 0.3) is 11.6 Å². The number of amides is 1. The molecule has 7 heteroatoms. The van der Waals surface area contributed by atoms with Crippen molar-refractivity contribution in [3.8, 4) is 0 Å². The van der Waals surface area contributed by atoms with Gasteiger partial charge in [-0.1, -0.05) is 42.5 Å². The summed E-state index contributed by atoms with van der Waals surface area (Å²) >= 11 is 0. The number of esters is 1. The van der Waals surface area contributed by atoms with Crippen LogP contribution in [0.25, 0.3) is 0 Å². The van der Waals surface area contributed by atoms with Crippen molar-refractivity contribution in [2.75, 3.05) is 6.54 Å². The van der Waals surface area contributed by atoms with Crippen LogP contribution in [0, 0.1) is 17.0 Å². The van der Waals surface area contributed by atoms with Crippen LogP contribution in [0.3, 0.4) is 0 Å². The SMILES string of the molecule is Cc1cccc([N+](=O)[O-])c1C(=O)OC(C)C(=O)NCCc1ccccc1. The second-order valence-electron chi connectivity index (χ2n) is 5.80. The lowest BCUT2D eigenvalue weighted by atomic mass is 10.1. The third-order valence-corrected chi connectivity index (χ3v) is 3.86. The summed E-state index contributed by atoms with van der Waals surface area (Å²) in [5, 5.41) is 13.8. The van der Waals surface area contributed by atoms with Crippen molar-refractivity contribution < 1.29 is 19.2 Å². The molecule has 1 amide bonds. The number of nitrogens with zero attached hydrogens (tertiary/aromatic N) is 1. The molecule has 0 aliphatic heterocycles. The minimum absolute atomic E-state index is 0.138. The highest BCUT2D eigenvalue weighted by atomic mass is 16.6. The van der Waals surface area contributed by atoms with Gasteiger partial charge in [-0.25, -0.2) is 4.79 Å². The molecule has 0 saturated carbocycles. The number of ether oxygens (including phenoxy) is 1. The fraction of sp³-hybridized carbons (Fsp3) is 0.263. The van der Waals surface area contributed by atoms with Gasteiger partial charge in [0.05, 0.1) is 4.92 Å². The zero-order valence-electron chi connectivity index (χ0n) is 14.6. The molecular weight excluding hydrogens is 336 g/mol. The Kier molecular flexibility index (Phi) is 6.43. The monoisotopic (exact) mass is 356 g/mol. The minimum Gasteiger partial charge on any atom is -0.449 e. The number of carbonyl (C=O) groups excluding carboxylic acids is 2. The van der Waals surface area contributed by atoms with E-state index in [1.807, 2.05) is 30.3 Å². The van der Waals surface area contributed by atoms with E-state index in [2.05, 4.69) is 5.32 Å². The number of nitro groups is 1. The first-order valence-electron chi connectivity index (χ1n) is 8.16. The van der Waals surface area contributed by atoms with Crippen LogP contribution >= 0.6 is 0 Å². The molecule has 0 fully saturated rings. The average Bonchev–Trinajstić information content (AvgIpc) is 2.62. The lowest BCUT2D eigenvalue weighted by Crippen LogP contribution is -2.37. The van der Waals surface area contributed by atoms with Gasteiger partial charge in [0.2, 0.25) is 0 Å². The van der Waals surface area contributed by atoms with Crippen LogP contribution in [-0.2, 0) is 16.0 Å². The second-order valence-corrected chi connectivity index (χ2v) is 5.80. The molecule has 0 heterocycles. The van der Waals surface area contributed by atoms with Crippen molar-refractivity contribution in [2.24, 2.45) is 0 Å². The summed E-state index contributed by atoms with van der Waals surface area (Å²) in [5.41, 5.74) is 1.02. The Morgan fingerprint density at radius 2 is 1.85 bits per heavy atom. The van der Waals surface area contributed by atoms with E-state index in [4.69, 9.17) is 4.74 Å². The molecule has 0 aliphatic rings. The standard InChI is InChI=1S/C19H20N2O5/c1-13-7-6-10-16(21(24)25)17(13)19(23)26-14(2)18(22)20-12-11-15-8-4-3-5-9-15/h3-10,14H,11-12H2,1-2H3,(H,20,22). The van der Waals surface area contributed by atoms with Crippen molar-refractivity contribution in [3.05, 3.63) is 75.3 Å². The summed E-state index contributed by atoms with van der Waals surface area (Å²) in [6, 6.07) is 13.9. The summed E-state index contributed by atoms with van der Waals surface area (Å²) in [4.78, 5) is 34.8. The molecule has 2 rings (SSSR count). The number of benzene rings is 2. The minimum atomic E-state index is -1.06. The van der Waals surface area contributed by atoms with Crippen LogP contribution in [0.2, 0.25) is 0 Å². The fourth-order valence-electron chi connectivity index (χ4n) is 2.46. The molecule has 0 spiro atoms. The van der Waals surface area contributed by atoms with Crippen LogP contribution in [-0.4, -0.2) is 29.4 Å². The maximum absolute atomic E-state index is 12.3. The summed E-state index contributed by atoms with van der Waals surface area (Å²) in [5.74, 6) is -1.34. The van der Waals surface area contributed by atoms with Gasteiger partial charge in [0.1, 0.15) is 5.56 Å². The first-order valence-corrected chi connectivity index (χ1v) is 8.16. The van der Waals surface area contributed by atoms with Gasteiger partial charge in [0.15, 0.2) is 6.10 Å². The van der Waals surface area contributed by atoms with E-state index >= 15 is 0 Å². The van der Waals surface area contributed by atoms with Crippen LogP contribution in [0.4, 0.5) is 5.69 Å². The van der Waals surface area contributed by atoms with Crippen molar-refractivity contribution in [3.63, 3.8) is 0 Å². The molecule has 2 aromatic rings. The number of hydrogen-bond donors (Lipinski definition) is 1. The van der Waals surface area contributed by atoms with Gasteiger partial charge >= 0.3 is 5.97 Å². The van der Waals surface area contributed by atoms with Crippen molar-refractivity contribution in [1.82, 2.24) is 5.32 Å². The maximum atomic E-state index is 12.3. The van der Waals surface area contributed by atoms with E-state index in [1.165, 1.54) is 19.1 Å². The summed E-state index contributed by atoms with van der Waals surface area (Å²) in [6.45, 7) is 3.41. The quantitative estimate of drug-likeness (QED) is 0.467. The van der Waals surface area contributed by atoms with Gasteiger partial charge in [-0.2, -0.15) is 0 Å². The molecule has 1 N–H and O–H groups in total. The van der Waals surface area contributed by atoms with Crippen molar-refractivity contribution >= 4 is 17.6 Å². The van der Waals surface area contributed by atoms with Gasteiger partial charge < -0.3 is 10.1 Å². The molecule has 2 aromatic carbocycles. The molecule has 0 aromatic heterocycles. The molecule has 26 heavy (non-hydrogen) atoms. The maximum Gasteiger partial charge on any atom is 0.346 e. The normalized spacial score (nSPS) is 11.5. The number of hydrogen-bond acceptors (Lipinski definition) is 5. The Morgan fingerprint density at radius 1 is 1.15 bits per heavy atom. The molecular formula is C19H20N2O5. The topological polar surface area (TPSA) is 98.5 Å². The predicted octanol–water partition coefficient (Wildman–Crippen LogP) is 2.81. The third kappa shape index (κ3) is 4.89. The highest BCUT2D eigenvalue weighted by Crippen LogP contribution is 2.23. The number of aryl methyl sites for hydroxylation is 1. The predicted molar refractivity (Wildman–Crippen MR) is 95.9 cm³/mol. The van der Waals surface area contributed by atoms with Gasteiger partial charge in [0, 0.05) is 12.6 Å². The van der Waals surface area contributed by atoms with Crippen molar-refractivity contribution in [1.29, 1.82) is 0 Å². The number of nitrogens with one attached hydrogen (secondary N) is 1. The smallest absolute Gasteiger partial charge is 0.346 e. The molecule has 7 nitrogen and oxygen atoms in total. The summed E-state index contributed by atoms with van der Waals surface area (Å²) in [6.07, 6.45) is -0.409. The van der Waals surface area contributed by atoms with E-state index in [0.717, 1.165) is 5.56 Å². The van der Waals surface area contributed by atoms with Crippen LogP contribution < -0.4 is 5.32 Å². The van der Waals surface area contributed by atoms with Gasteiger partial charge in [-0.05, 0) is 31.4 Å². The largest absolute Gasteiger partial charge is 0.449 e. The average molecular weight is 356 g/mol. The Labute approximate surface area is 151 Å². The summed E-state index contributed by atoms with van der Waals surface area (Å²) in [7, 11) is 0. The Balaban J connectivity index is 1.94. The van der Waals surface area contributed by atoms with Crippen LogP contribution in [0.5, 0.6) is 0 Å². The third-order valence-electron chi connectivity index (χ3n) is 3.86. The first-order chi connectivity index (χ1) is 12.4. The fourth-order valence-corrected chi connectivity index (χ4v) is 2.46. The molecule has 0 saturated heterocycles. The summed E-state index contributed by atoms with van der Waals surface area (Å²) < 4.78 is 5.12. The van der Waals surface area contributed by atoms with E-state index in [-0.39, 0.29) is 11.3 Å². The van der Waals surface area contributed by atoms with Crippen molar-refractivity contribution in [2.45, 2.75) is 26.4 Å². The van der Waals surface area contributed by atoms with Crippen LogP contribution in [0.15, 0.2) is 48.5 Å². The Morgan fingerprint density at radius 3 is 2.50 bits per heavy atom. The van der Waals surface area contributed by atoms with E-state index in [1.54, 1.807) is 13.0 Å². The first kappa shape index (κ1) is 19.1. The zero-order valence-corrected chi connectivity index (χ0v) is 14.6. The van der Waals surface area contributed by atoms with Crippen LogP contribution in [0.1, 0.15) is 28.4 Å². The lowest BCUT2D eigenvalue weighted by molar-refractivity contribution is -0.385. The van der Waals surface area contributed by atoms with E-state index in [0.29, 0.717) is 18.5 Å². The number of rotatable bonds is 7. The molecule has 0 bridgehead atoms. The van der Waals surface area contributed by atoms with E-state index in [9.17, 15) is 19.7 Å². The highest BCUT2D eigenvalue weighted by Gasteiger charge is 2.26. The molecule has 1 unspecified atom stereocenters. The highest BCUT2D eigenvalue weighted by molar-refractivity contribution is 5.97. The Bertz CT molecular complexity index is 805. The molecule has 136 valence electrons. The van der Waals surface area contributed by atoms with E-state index < -0.39 is 22.9 Å².